The van der Waals surface area contributed by atoms with Gasteiger partial charge in [0, 0.05) is 13.0 Å². The Kier molecular flexibility index (Phi) is 9.38. The number of hydrogen-bond donors (Lipinski definition) is 4. The number of aliphatic hydroxyl groups excluding tert-OH is 1. The zero-order valence-electron chi connectivity index (χ0n) is 14.0. The quantitative estimate of drug-likeness (QED) is 0.447. The number of ether oxygens (including phenoxy) is 1. The Labute approximate surface area is 159 Å². The molecule has 0 aromatic heterocycles. The van der Waals surface area contributed by atoms with Gasteiger partial charge in [-0.2, -0.15) is 0 Å². The highest BCUT2D eigenvalue weighted by molar-refractivity contribution is 9.11. The molecule has 142 valence electrons. The number of carbonyl (C=O) groups is 3. The smallest absolute Gasteiger partial charge is 0.407 e. The van der Waals surface area contributed by atoms with Gasteiger partial charge in [-0.25, -0.2) is 9.59 Å². The van der Waals surface area contributed by atoms with E-state index in [1.54, 1.807) is 12.1 Å². The first kappa shape index (κ1) is 21.7. The molecule has 0 bridgehead atoms. The third kappa shape index (κ3) is 9.19. The lowest BCUT2D eigenvalue weighted by atomic mass is 10.2. The second kappa shape index (κ2) is 11.3. The van der Waals surface area contributed by atoms with Crippen LogP contribution in [0.2, 0.25) is 0 Å². The average Bonchev–Trinajstić information content (AvgIpc) is 2.58. The first-order chi connectivity index (χ1) is 12.3. The monoisotopic (exact) mass is 428 g/mol. The molecule has 0 radical (unpaired) electrons. The van der Waals surface area contributed by atoms with Crippen molar-refractivity contribution in [3.63, 3.8) is 0 Å². The maximum absolute atomic E-state index is 11.8. The highest BCUT2D eigenvalue weighted by Crippen LogP contribution is 2.10. The van der Waals surface area contributed by atoms with Crippen molar-refractivity contribution in [2.45, 2.75) is 31.6 Å². The van der Waals surface area contributed by atoms with Crippen LogP contribution in [0.1, 0.15) is 18.4 Å². The number of aliphatic carboxylic acids is 1. The molecule has 0 saturated heterocycles. The molecule has 1 aromatic carbocycles. The highest BCUT2D eigenvalue weighted by Gasteiger charge is 2.22. The lowest BCUT2D eigenvalue weighted by molar-refractivity contribution is -0.142. The van der Waals surface area contributed by atoms with E-state index in [0.29, 0.717) is 4.48 Å². The van der Waals surface area contributed by atoms with Gasteiger partial charge in [-0.05, 0) is 10.0 Å². The molecule has 0 unspecified atom stereocenters. The Morgan fingerprint density at radius 2 is 1.85 bits per heavy atom. The number of carboxylic acid groups (broad SMARTS) is 1. The van der Waals surface area contributed by atoms with Crippen LogP contribution >= 0.6 is 15.9 Å². The van der Waals surface area contributed by atoms with Crippen molar-refractivity contribution in [2.24, 2.45) is 0 Å². The van der Waals surface area contributed by atoms with E-state index in [-0.39, 0.29) is 26.0 Å². The number of nitrogens with one attached hydrogen (secondary N) is 2. The Bertz CT molecular complexity index is 637. The zero-order valence-corrected chi connectivity index (χ0v) is 15.6. The molecular formula is C17H21BrN2O6. The van der Waals surface area contributed by atoms with E-state index in [9.17, 15) is 19.5 Å². The van der Waals surface area contributed by atoms with Crippen LogP contribution in [-0.2, 0) is 20.9 Å². The SMILES string of the molecule is C=C(Br)C[C@@H](NC(=O)C[C@H](O)CNC(=O)OCc1ccccc1)C(=O)O. The third-order valence-electron chi connectivity index (χ3n) is 3.17. The van der Waals surface area contributed by atoms with Crippen LogP contribution in [0.5, 0.6) is 0 Å². The van der Waals surface area contributed by atoms with Gasteiger partial charge in [0.05, 0.1) is 12.5 Å². The zero-order chi connectivity index (χ0) is 19.5. The number of rotatable bonds is 10. The molecule has 2 atom stereocenters. The van der Waals surface area contributed by atoms with Gasteiger partial charge in [0.2, 0.25) is 5.91 Å². The first-order valence-corrected chi connectivity index (χ1v) is 8.55. The van der Waals surface area contributed by atoms with Crippen LogP contribution in [0.3, 0.4) is 0 Å². The second-order valence-electron chi connectivity index (χ2n) is 5.48. The minimum Gasteiger partial charge on any atom is -0.480 e. The lowest BCUT2D eigenvalue weighted by Crippen LogP contribution is -2.43. The Hall–Kier alpha value is -2.39. The molecule has 0 aliphatic carbocycles. The summed E-state index contributed by atoms with van der Waals surface area (Å²) in [6.07, 6.45) is -2.26. The van der Waals surface area contributed by atoms with E-state index in [1.165, 1.54) is 0 Å². The number of halogens is 1. The van der Waals surface area contributed by atoms with Gasteiger partial charge in [0.15, 0.2) is 0 Å². The van der Waals surface area contributed by atoms with Gasteiger partial charge >= 0.3 is 12.1 Å². The molecular weight excluding hydrogens is 408 g/mol. The lowest BCUT2D eigenvalue weighted by Gasteiger charge is -2.16. The molecule has 0 aliphatic rings. The van der Waals surface area contributed by atoms with Crippen molar-refractivity contribution < 1.29 is 29.3 Å². The number of benzene rings is 1. The fourth-order valence-electron chi connectivity index (χ4n) is 1.94. The first-order valence-electron chi connectivity index (χ1n) is 7.76. The molecule has 4 N–H and O–H groups in total. The van der Waals surface area contributed by atoms with E-state index in [4.69, 9.17) is 9.84 Å². The maximum atomic E-state index is 11.8. The molecule has 0 heterocycles. The van der Waals surface area contributed by atoms with Crippen LogP contribution < -0.4 is 10.6 Å². The van der Waals surface area contributed by atoms with E-state index in [2.05, 4.69) is 33.1 Å². The molecule has 0 spiro atoms. The van der Waals surface area contributed by atoms with Crippen molar-refractivity contribution in [1.29, 1.82) is 0 Å². The molecule has 0 fully saturated rings. The number of amides is 2. The minimum absolute atomic E-state index is 0.0151. The van der Waals surface area contributed by atoms with E-state index < -0.39 is 30.1 Å². The number of carboxylic acids is 1. The van der Waals surface area contributed by atoms with Crippen molar-refractivity contribution in [1.82, 2.24) is 10.6 Å². The normalized spacial score (nSPS) is 12.5. The van der Waals surface area contributed by atoms with Crippen molar-refractivity contribution in [2.75, 3.05) is 6.54 Å². The van der Waals surface area contributed by atoms with Gasteiger partial charge in [-0.15, -0.1) is 0 Å². The highest BCUT2D eigenvalue weighted by atomic mass is 79.9. The number of alkyl carbamates (subject to hydrolysis) is 1. The van der Waals surface area contributed by atoms with Crippen LogP contribution in [0.15, 0.2) is 41.4 Å². The summed E-state index contributed by atoms with van der Waals surface area (Å²) in [5.41, 5.74) is 0.815. The van der Waals surface area contributed by atoms with Crippen LogP contribution in [0.4, 0.5) is 4.79 Å². The summed E-state index contributed by atoms with van der Waals surface area (Å²) in [6, 6.07) is 7.92. The van der Waals surface area contributed by atoms with E-state index in [1.807, 2.05) is 18.2 Å². The van der Waals surface area contributed by atoms with Crippen molar-refractivity contribution in [3.8, 4) is 0 Å². The Morgan fingerprint density at radius 3 is 2.42 bits per heavy atom. The van der Waals surface area contributed by atoms with Gasteiger partial charge < -0.3 is 25.6 Å². The summed E-state index contributed by atoms with van der Waals surface area (Å²) in [7, 11) is 0. The number of aliphatic hydroxyl groups is 1. The van der Waals surface area contributed by atoms with Crippen LogP contribution in [0.25, 0.3) is 0 Å². The molecule has 1 aromatic rings. The standard InChI is InChI=1S/C17H21BrN2O6/c1-11(18)7-14(16(23)24)20-15(22)8-13(21)9-19-17(25)26-10-12-5-3-2-4-6-12/h2-6,13-14,21H,1,7-10H2,(H,19,25)(H,20,22)(H,23,24)/t13-,14+/m0/s1. The molecule has 9 heteroatoms. The summed E-state index contributed by atoms with van der Waals surface area (Å²) >= 11 is 3.04. The average molecular weight is 429 g/mol. The van der Waals surface area contributed by atoms with Gasteiger partial charge in [-0.3, -0.25) is 4.79 Å². The summed E-state index contributed by atoms with van der Waals surface area (Å²) in [6.45, 7) is 3.40. The third-order valence-corrected chi connectivity index (χ3v) is 3.50. The molecule has 2 amide bonds. The summed E-state index contributed by atoms with van der Waals surface area (Å²) in [4.78, 5) is 34.4. The van der Waals surface area contributed by atoms with Crippen molar-refractivity contribution in [3.05, 3.63) is 47.0 Å². The summed E-state index contributed by atoms with van der Waals surface area (Å²) in [5.74, 6) is -1.87. The van der Waals surface area contributed by atoms with E-state index >= 15 is 0 Å². The second-order valence-corrected chi connectivity index (χ2v) is 6.60. The molecule has 8 nitrogen and oxygen atoms in total. The predicted molar refractivity (Wildman–Crippen MR) is 97.5 cm³/mol. The summed E-state index contributed by atoms with van der Waals surface area (Å²) in [5, 5.41) is 23.4. The van der Waals surface area contributed by atoms with Crippen LogP contribution in [-0.4, -0.2) is 46.9 Å². The molecule has 1 rings (SSSR count). The maximum Gasteiger partial charge on any atom is 0.407 e. The van der Waals surface area contributed by atoms with Crippen molar-refractivity contribution >= 4 is 33.9 Å². The predicted octanol–water partition coefficient (Wildman–Crippen LogP) is 1.53. The number of hydrogen-bond acceptors (Lipinski definition) is 5. The Balaban J connectivity index is 2.30. The fourth-order valence-corrected chi connectivity index (χ4v) is 2.26. The van der Waals surface area contributed by atoms with Gasteiger partial charge in [0.1, 0.15) is 12.6 Å². The fraction of sp³-hybridized carbons (Fsp3) is 0.353. The molecule has 0 saturated carbocycles. The van der Waals surface area contributed by atoms with E-state index in [0.717, 1.165) is 5.56 Å². The van der Waals surface area contributed by atoms with Gasteiger partial charge in [0.25, 0.3) is 0 Å². The summed E-state index contributed by atoms with van der Waals surface area (Å²) < 4.78 is 5.39. The number of carbonyl (C=O) groups excluding carboxylic acids is 2. The minimum atomic E-state index is -1.21. The Morgan fingerprint density at radius 1 is 1.19 bits per heavy atom. The van der Waals surface area contributed by atoms with Gasteiger partial charge in [-0.1, -0.05) is 52.8 Å². The van der Waals surface area contributed by atoms with Crippen LogP contribution in [0, 0.1) is 0 Å². The topological polar surface area (TPSA) is 125 Å². The largest absolute Gasteiger partial charge is 0.480 e. The molecule has 0 aliphatic heterocycles. The molecule has 26 heavy (non-hydrogen) atoms.